The molecule has 0 bridgehead atoms. The molecule has 11 heteroatoms. The van der Waals surface area contributed by atoms with E-state index >= 15 is 0 Å². The molecule has 0 aliphatic heterocycles. The lowest BCUT2D eigenvalue weighted by molar-refractivity contribution is -0.274. The van der Waals surface area contributed by atoms with Crippen molar-refractivity contribution in [3.05, 3.63) is 69.9 Å². The van der Waals surface area contributed by atoms with Crippen LogP contribution in [0.1, 0.15) is 15.9 Å². The molecule has 1 heterocycles. The van der Waals surface area contributed by atoms with Gasteiger partial charge >= 0.3 is 12.1 Å². The number of halogens is 4. The van der Waals surface area contributed by atoms with Crippen molar-refractivity contribution in [2.75, 3.05) is 0 Å². The molecular weight excluding hydrogens is 402 g/mol. The smallest absolute Gasteiger partial charge is 0.405 e. The van der Waals surface area contributed by atoms with Gasteiger partial charge in [0.15, 0.2) is 0 Å². The minimum absolute atomic E-state index is 0.0434. The van der Waals surface area contributed by atoms with Crippen LogP contribution in [0.2, 0.25) is 0 Å². The molecule has 146 valence electrons. The minimum Gasteiger partial charge on any atom is -0.405 e. The van der Waals surface area contributed by atoms with Crippen molar-refractivity contribution in [1.82, 2.24) is 8.94 Å². The molecule has 0 aliphatic rings. The Morgan fingerprint density at radius 3 is 2.46 bits per heavy atom. The van der Waals surface area contributed by atoms with Crippen molar-refractivity contribution in [3.8, 4) is 16.3 Å². The second-order valence-corrected chi connectivity index (χ2v) is 6.59. The van der Waals surface area contributed by atoms with E-state index in [0.29, 0.717) is 5.56 Å². The molecule has 0 saturated carbocycles. The van der Waals surface area contributed by atoms with Crippen LogP contribution in [-0.4, -0.2) is 21.2 Å². The average Bonchev–Trinajstić information content (AvgIpc) is 2.96. The van der Waals surface area contributed by atoms with Gasteiger partial charge in [0.1, 0.15) is 16.6 Å². The number of alkyl halides is 3. The predicted octanol–water partition coefficient (Wildman–Crippen LogP) is 3.16. The van der Waals surface area contributed by atoms with Crippen LogP contribution in [-0.2, 0) is 6.54 Å². The zero-order chi connectivity index (χ0) is 20.5. The summed E-state index contributed by atoms with van der Waals surface area (Å²) in [6.07, 6.45) is -4.98. The number of carbonyl (C=O) groups excluding carboxylic acids is 1. The summed E-state index contributed by atoms with van der Waals surface area (Å²) < 4.78 is 56.1. The standard InChI is InChI=1S/C17H11F4N3O3S/c18-11-4-1-9(2-5-11)8-24-16(26)23-15(28-24)12-7-10(14(22)25)3-6-13(12)27-17(19,20)21/h1-7H,8H2,(H2,22,25). The highest BCUT2D eigenvalue weighted by Gasteiger charge is 2.33. The van der Waals surface area contributed by atoms with Gasteiger partial charge in [-0.15, -0.1) is 13.2 Å². The van der Waals surface area contributed by atoms with Gasteiger partial charge in [-0.3, -0.25) is 4.79 Å². The lowest BCUT2D eigenvalue weighted by Crippen LogP contribution is -2.18. The minimum atomic E-state index is -4.98. The van der Waals surface area contributed by atoms with Crippen LogP contribution in [0, 0.1) is 5.82 Å². The molecule has 2 aromatic carbocycles. The molecular formula is C17H11F4N3O3S. The molecule has 3 rings (SSSR count). The number of primary amides is 1. The Morgan fingerprint density at radius 2 is 1.86 bits per heavy atom. The molecule has 0 spiro atoms. The van der Waals surface area contributed by atoms with Crippen molar-refractivity contribution in [3.63, 3.8) is 0 Å². The molecule has 0 fully saturated rings. The van der Waals surface area contributed by atoms with Gasteiger partial charge in [0.25, 0.3) is 0 Å². The largest absolute Gasteiger partial charge is 0.573 e. The number of carbonyl (C=O) groups is 1. The average molecular weight is 413 g/mol. The Hall–Kier alpha value is -3.21. The van der Waals surface area contributed by atoms with Crippen molar-refractivity contribution in [1.29, 1.82) is 0 Å². The maximum atomic E-state index is 13.0. The van der Waals surface area contributed by atoms with Gasteiger partial charge in [-0.25, -0.2) is 13.1 Å². The number of rotatable bonds is 5. The lowest BCUT2D eigenvalue weighted by atomic mass is 10.1. The number of ether oxygens (including phenoxy) is 1. The van der Waals surface area contributed by atoms with E-state index in [2.05, 4.69) is 9.72 Å². The SMILES string of the molecule is NC(=O)c1ccc(OC(F)(F)F)c(-c2nc(=O)n(Cc3ccc(F)cc3)s2)c1. The third-order valence-corrected chi connectivity index (χ3v) is 4.56. The molecule has 6 nitrogen and oxygen atoms in total. The number of hydrogen-bond donors (Lipinski definition) is 1. The van der Waals surface area contributed by atoms with E-state index in [0.717, 1.165) is 29.7 Å². The van der Waals surface area contributed by atoms with Crippen LogP contribution in [0.3, 0.4) is 0 Å². The highest BCUT2D eigenvalue weighted by atomic mass is 32.1. The normalized spacial score (nSPS) is 11.4. The lowest BCUT2D eigenvalue weighted by Gasteiger charge is -2.12. The van der Waals surface area contributed by atoms with Gasteiger partial charge < -0.3 is 10.5 Å². The second-order valence-electron chi connectivity index (χ2n) is 5.58. The fourth-order valence-corrected chi connectivity index (χ4v) is 3.25. The highest BCUT2D eigenvalue weighted by Crippen LogP contribution is 2.35. The Kier molecular flexibility index (Phi) is 5.18. The zero-order valence-electron chi connectivity index (χ0n) is 13.9. The highest BCUT2D eigenvalue weighted by molar-refractivity contribution is 7.09. The van der Waals surface area contributed by atoms with Gasteiger partial charge in [0.2, 0.25) is 5.91 Å². The van der Waals surface area contributed by atoms with E-state index in [1.54, 1.807) is 0 Å². The van der Waals surface area contributed by atoms with Gasteiger partial charge in [0.05, 0.1) is 12.1 Å². The topological polar surface area (TPSA) is 87.2 Å². The summed E-state index contributed by atoms with van der Waals surface area (Å²) in [6, 6.07) is 8.44. The Balaban J connectivity index is 2.02. The van der Waals surface area contributed by atoms with Crippen LogP contribution in [0.4, 0.5) is 17.6 Å². The third kappa shape index (κ3) is 4.55. The molecule has 0 unspecified atom stereocenters. The summed E-state index contributed by atoms with van der Waals surface area (Å²) in [5.41, 5.74) is 4.78. The maximum absolute atomic E-state index is 13.0. The van der Waals surface area contributed by atoms with Crippen LogP contribution in [0.5, 0.6) is 5.75 Å². The van der Waals surface area contributed by atoms with E-state index < -0.39 is 29.5 Å². The zero-order valence-corrected chi connectivity index (χ0v) is 14.7. The van der Waals surface area contributed by atoms with Crippen LogP contribution < -0.4 is 16.2 Å². The van der Waals surface area contributed by atoms with Gasteiger partial charge in [-0.1, -0.05) is 12.1 Å². The Bertz CT molecular complexity index is 1070. The first-order valence-corrected chi connectivity index (χ1v) is 8.42. The summed E-state index contributed by atoms with van der Waals surface area (Å²) in [5.74, 6) is -1.93. The first-order chi connectivity index (χ1) is 13.1. The predicted molar refractivity (Wildman–Crippen MR) is 92.5 cm³/mol. The van der Waals surface area contributed by atoms with Gasteiger partial charge in [0, 0.05) is 5.56 Å². The molecule has 0 atom stereocenters. The number of nitrogens with zero attached hydrogens (tertiary/aromatic N) is 2. The molecule has 28 heavy (non-hydrogen) atoms. The summed E-state index contributed by atoms with van der Waals surface area (Å²) in [7, 11) is 0. The van der Waals surface area contributed by atoms with E-state index in [-0.39, 0.29) is 22.7 Å². The first kappa shape index (κ1) is 19.5. The summed E-state index contributed by atoms with van der Waals surface area (Å²) in [5, 5.41) is -0.0885. The Morgan fingerprint density at radius 1 is 1.18 bits per heavy atom. The second kappa shape index (κ2) is 7.43. The van der Waals surface area contributed by atoms with Crippen LogP contribution >= 0.6 is 11.5 Å². The number of aromatic nitrogens is 2. The van der Waals surface area contributed by atoms with Crippen molar-refractivity contribution < 1.29 is 27.1 Å². The van der Waals surface area contributed by atoms with Gasteiger partial charge in [-0.2, -0.15) is 4.98 Å². The Labute approximate surface area is 159 Å². The molecule has 3 aromatic rings. The third-order valence-electron chi connectivity index (χ3n) is 3.57. The molecule has 0 aliphatic carbocycles. The number of hydrogen-bond acceptors (Lipinski definition) is 5. The molecule has 0 saturated heterocycles. The van der Waals surface area contributed by atoms with E-state index in [9.17, 15) is 27.2 Å². The van der Waals surface area contributed by atoms with E-state index in [1.807, 2.05) is 0 Å². The van der Waals surface area contributed by atoms with Crippen molar-refractivity contribution in [2.45, 2.75) is 12.9 Å². The number of amides is 1. The molecule has 2 N–H and O–H groups in total. The van der Waals surface area contributed by atoms with Gasteiger partial charge in [-0.05, 0) is 47.4 Å². The van der Waals surface area contributed by atoms with Crippen LogP contribution in [0.25, 0.3) is 10.6 Å². The number of benzene rings is 2. The van der Waals surface area contributed by atoms with E-state index in [1.165, 1.54) is 28.2 Å². The monoisotopic (exact) mass is 413 g/mol. The van der Waals surface area contributed by atoms with Crippen molar-refractivity contribution >= 4 is 17.4 Å². The molecule has 1 amide bonds. The first-order valence-electron chi connectivity index (χ1n) is 7.65. The van der Waals surface area contributed by atoms with Crippen LogP contribution in [0.15, 0.2) is 47.3 Å². The molecule has 1 aromatic heterocycles. The van der Waals surface area contributed by atoms with E-state index in [4.69, 9.17) is 5.73 Å². The quantitative estimate of drug-likeness (QED) is 0.651. The molecule has 0 radical (unpaired) electrons. The number of nitrogens with two attached hydrogens (primary N) is 1. The summed E-state index contributed by atoms with van der Waals surface area (Å²) >= 11 is 0.772. The fourth-order valence-electron chi connectivity index (χ4n) is 2.34. The fraction of sp³-hybridized carbons (Fsp3) is 0.118. The summed E-state index contributed by atoms with van der Waals surface area (Å²) in [6.45, 7) is 0.0434. The summed E-state index contributed by atoms with van der Waals surface area (Å²) in [4.78, 5) is 27.2. The maximum Gasteiger partial charge on any atom is 0.573 e. The van der Waals surface area contributed by atoms with Crippen molar-refractivity contribution in [2.24, 2.45) is 5.73 Å².